The number of carbonyl (C=O) groups excluding carboxylic acids is 1. The number of fused-ring (bicyclic) bond motifs is 1. The average molecular weight is 382 g/mol. The van der Waals surface area contributed by atoms with E-state index < -0.39 is 0 Å². The van der Waals surface area contributed by atoms with Crippen LogP contribution in [0.25, 0.3) is 22.6 Å². The SMILES string of the molecule is Cc1cc(C)c2oc(-c3ccc(NC(=S)NC(=O)CC(C)C)cc3)nc2c1. The molecule has 0 saturated heterocycles. The van der Waals surface area contributed by atoms with Crippen LogP contribution in [0, 0.1) is 19.8 Å². The van der Waals surface area contributed by atoms with E-state index in [4.69, 9.17) is 16.6 Å². The van der Waals surface area contributed by atoms with Crippen molar-refractivity contribution in [1.82, 2.24) is 10.3 Å². The molecular weight excluding hydrogens is 358 g/mol. The van der Waals surface area contributed by atoms with Crippen molar-refractivity contribution in [3.63, 3.8) is 0 Å². The van der Waals surface area contributed by atoms with E-state index >= 15 is 0 Å². The number of thiocarbonyl (C=S) groups is 1. The highest BCUT2D eigenvalue weighted by Gasteiger charge is 2.11. The van der Waals surface area contributed by atoms with Crippen molar-refractivity contribution in [2.24, 2.45) is 5.92 Å². The number of amides is 1. The lowest BCUT2D eigenvalue weighted by Gasteiger charge is -2.10. The molecule has 0 aliphatic rings. The van der Waals surface area contributed by atoms with E-state index in [1.165, 1.54) is 0 Å². The zero-order valence-corrected chi connectivity index (χ0v) is 16.7. The molecule has 0 bridgehead atoms. The molecule has 0 radical (unpaired) electrons. The van der Waals surface area contributed by atoms with Crippen molar-refractivity contribution in [3.05, 3.63) is 47.5 Å². The normalized spacial score (nSPS) is 11.0. The molecule has 2 aromatic carbocycles. The summed E-state index contributed by atoms with van der Waals surface area (Å²) in [6.07, 6.45) is 0.442. The van der Waals surface area contributed by atoms with Crippen LogP contribution in [0.4, 0.5) is 5.69 Å². The van der Waals surface area contributed by atoms with E-state index in [0.717, 1.165) is 33.5 Å². The van der Waals surface area contributed by atoms with Gasteiger partial charge in [-0.2, -0.15) is 0 Å². The molecule has 3 aromatic rings. The lowest BCUT2D eigenvalue weighted by Crippen LogP contribution is -2.34. The quantitative estimate of drug-likeness (QED) is 0.625. The first-order chi connectivity index (χ1) is 12.8. The van der Waals surface area contributed by atoms with Crippen LogP contribution in [0.15, 0.2) is 40.8 Å². The van der Waals surface area contributed by atoms with Gasteiger partial charge in [-0.25, -0.2) is 4.98 Å². The third-order valence-corrected chi connectivity index (χ3v) is 4.26. The van der Waals surface area contributed by atoms with Crippen LogP contribution in [0.5, 0.6) is 0 Å². The fraction of sp³-hybridized carbons (Fsp3) is 0.286. The first kappa shape index (κ1) is 19.0. The molecule has 140 valence electrons. The number of nitrogens with zero attached hydrogens (tertiary/aromatic N) is 1. The highest BCUT2D eigenvalue weighted by Crippen LogP contribution is 2.28. The van der Waals surface area contributed by atoms with E-state index in [2.05, 4.69) is 21.7 Å². The summed E-state index contributed by atoms with van der Waals surface area (Å²) in [7, 11) is 0. The fourth-order valence-corrected chi connectivity index (χ4v) is 3.14. The molecule has 27 heavy (non-hydrogen) atoms. The molecule has 1 aromatic heterocycles. The molecule has 5 nitrogen and oxygen atoms in total. The number of aryl methyl sites for hydroxylation is 2. The average Bonchev–Trinajstić information content (AvgIpc) is 2.98. The van der Waals surface area contributed by atoms with Crippen LogP contribution in [-0.4, -0.2) is 16.0 Å². The molecule has 1 heterocycles. The first-order valence-corrected chi connectivity index (χ1v) is 9.31. The van der Waals surface area contributed by atoms with Crippen LogP contribution in [0.3, 0.4) is 0 Å². The van der Waals surface area contributed by atoms with Gasteiger partial charge in [0.25, 0.3) is 0 Å². The van der Waals surface area contributed by atoms with Crippen molar-refractivity contribution < 1.29 is 9.21 Å². The minimum absolute atomic E-state index is 0.0868. The second-order valence-electron chi connectivity index (χ2n) is 7.13. The van der Waals surface area contributed by atoms with Crippen LogP contribution in [-0.2, 0) is 4.79 Å². The maximum absolute atomic E-state index is 11.8. The Bertz CT molecular complexity index is 991. The number of aromatic nitrogens is 1. The van der Waals surface area contributed by atoms with Crippen LogP contribution >= 0.6 is 12.2 Å². The van der Waals surface area contributed by atoms with Gasteiger partial charge < -0.3 is 15.1 Å². The summed E-state index contributed by atoms with van der Waals surface area (Å²) in [4.78, 5) is 16.4. The number of rotatable bonds is 4. The lowest BCUT2D eigenvalue weighted by atomic mass is 10.1. The monoisotopic (exact) mass is 381 g/mol. The summed E-state index contributed by atoms with van der Waals surface area (Å²) in [6.45, 7) is 8.04. The third-order valence-electron chi connectivity index (χ3n) is 4.06. The van der Waals surface area contributed by atoms with Gasteiger partial charge >= 0.3 is 0 Å². The number of oxazole rings is 1. The summed E-state index contributed by atoms with van der Waals surface area (Å²) in [6, 6.07) is 11.7. The first-order valence-electron chi connectivity index (χ1n) is 8.91. The molecular formula is C21H23N3O2S. The number of hydrogen-bond donors (Lipinski definition) is 2. The van der Waals surface area contributed by atoms with E-state index in [1.54, 1.807) is 0 Å². The van der Waals surface area contributed by atoms with Crippen molar-refractivity contribution >= 4 is 40.0 Å². The minimum Gasteiger partial charge on any atom is -0.436 e. The van der Waals surface area contributed by atoms with Gasteiger partial charge in [-0.05, 0) is 73.4 Å². The molecule has 3 rings (SSSR count). The summed E-state index contributed by atoms with van der Waals surface area (Å²) < 4.78 is 5.94. The van der Waals surface area contributed by atoms with Crippen molar-refractivity contribution in [1.29, 1.82) is 0 Å². The molecule has 0 saturated carbocycles. The molecule has 0 unspecified atom stereocenters. The Balaban J connectivity index is 1.71. The molecule has 0 aliphatic heterocycles. The number of nitrogens with one attached hydrogen (secondary N) is 2. The van der Waals surface area contributed by atoms with E-state index in [9.17, 15) is 4.79 Å². The smallest absolute Gasteiger partial charge is 0.227 e. The van der Waals surface area contributed by atoms with E-state index in [1.807, 2.05) is 58.0 Å². The van der Waals surface area contributed by atoms with E-state index in [-0.39, 0.29) is 11.8 Å². The number of carbonyl (C=O) groups is 1. The van der Waals surface area contributed by atoms with Gasteiger partial charge in [-0.1, -0.05) is 19.9 Å². The summed E-state index contributed by atoms with van der Waals surface area (Å²) in [5.74, 6) is 0.783. The Morgan fingerprint density at radius 3 is 2.56 bits per heavy atom. The largest absolute Gasteiger partial charge is 0.436 e. The molecule has 0 aliphatic carbocycles. The Morgan fingerprint density at radius 1 is 1.19 bits per heavy atom. The summed E-state index contributed by atoms with van der Waals surface area (Å²) in [5.41, 5.74) is 5.57. The lowest BCUT2D eigenvalue weighted by molar-refractivity contribution is -0.120. The standard InChI is InChI=1S/C21H23N3O2S/c1-12(2)9-18(25)24-21(27)22-16-7-5-15(6-8-16)20-23-17-11-13(3)10-14(4)19(17)26-20/h5-8,10-12H,9H2,1-4H3,(H2,22,24,25,27). The van der Waals surface area contributed by atoms with Gasteiger partial charge in [0.2, 0.25) is 11.8 Å². The number of hydrogen-bond acceptors (Lipinski definition) is 4. The fourth-order valence-electron chi connectivity index (χ4n) is 2.91. The molecule has 0 fully saturated rings. The predicted octanol–water partition coefficient (Wildman–Crippen LogP) is 4.97. The molecule has 6 heteroatoms. The van der Waals surface area contributed by atoms with Gasteiger partial charge in [0.1, 0.15) is 5.52 Å². The van der Waals surface area contributed by atoms with Crippen molar-refractivity contribution in [3.8, 4) is 11.5 Å². The minimum atomic E-state index is -0.0868. The number of anilines is 1. The van der Waals surface area contributed by atoms with Crippen LogP contribution < -0.4 is 10.6 Å². The highest BCUT2D eigenvalue weighted by molar-refractivity contribution is 7.80. The van der Waals surface area contributed by atoms with E-state index in [0.29, 0.717) is 17.4 Å². The van der Waals surface area contributed by atoms with Gasteiger partial charge in [0.15, 0.2) is 10.7 Å². The summed E-state index contributed by atoms with van der Waals surface area (Å²) in [5, 5.41) is 6.00. The molecule has 2 N–H and O–H groups in total. The molecule has 0 atom stereocenters. The Kier molecular flexibility index (Phi) is 5.56. The zero-order valence-electron chi connectivity index (χ0n) is 15.9. The summed E-state index contributed by atoms with van der Waals surface area (Å²) >= 11 is 5.19. The van der Waals surface area contributed by atoms with Crippen molar-refractivity contribution in [2.75, 3.05) is 5.32 Å². The van der Waals surface area contributed by atoms with Crippen LogP contribution in [0.2, 0.25) is 0 Å². The maximum atomic E-state index is 11.8. The van der Waals surface area contributed by atoms with Gasteiger partial charge in [-0.3, -0.25) is 4.79 Å². The van der Waals surface area contributed by atoms with Crippen LogP contribution in [0.1, 0.15) is 31.4 Å². The van der Waals surface area contributed by atoms with Gasteiger partial charge in [0, 0.05) is 17.7 Å². The second kappa shape index (κ2) is 7.88. The van der Waals surface area contributed by atoms with Gasteiger partial charge in [0.05, 0.1) is 0 Å². The number of benzene rings is 2. The second-order valence-corrected chi connectivity index (χ2v) is 7.53. The Labute approximate surface area is 164 Å². The molecule has 0 spiro atoms. The third kappa shape index (κ3) is 4.71. The maximum Gasteiger partial charge on any atom is 0.227 e. The Hall–Kier alpha value is -2.73. The highest BCUT2D eigenvalue weighted by atomic mass is 32.1. The Morgan fingerprint density at radius 2 is 1.89 bits per heavy atom. The van der Waals surface area contributed by atoms with Crippen molar-refractivity contribution in [2.45, 2.75) is 34.1 Å². The molecule has 1 amide bonds. The topological polar surface area (TPSA) is 67.2 Å². The predicted molar refractivity (Wildman–Crippen MR) is 113 cm³/mol. The zero-order chi connectivity index (χ0) is 19.6. The van der Waals surface area contributed by atoms with Gasteiger partial charge in [-0.15, -0.1) is 0 Å².